The number of carbonyl (C=O) groups excluding carboxylic acids is 2. The number of nitrogens with one attached hydrogen (secondary N) is 2. The summed E-state index contributed by atoms with van der Waals surface area (Å²) in [5.74, 6) is 1.56. The summed E-state index contributed by atoms with van der Waals surface area (Å²) in [5, 5.41) is 50.1. The van der Waals surface area contributed by atoms with E-state index in [0.29, 0.717) is 48.5 Å². The van der Waals surface area contributed by atoms with Crippen LogP contribution in [-0.2, 0) is 35.4 Å². The first-order valence-corrected chi connectivity index (χ1v) is 43.8. The smallest absolute Gasteiger partial charge is 0.407 e. The summed E-state index contributed by atoms with van der Waals surface area (Å²) >= 11 is 0. The Labute approximate surface area is 727 Å². The standard InChI is InChI=1S/C30H32N4O2.2C22H23N3.C16H21NO2.C14H11N5/c31-24-15-9-14-23(18-24)29-27-19-25(36-30(35)32-20-21-10-3-1-4-11-21)16-7-8-17-26(27)28(33-34-29)22-12-5-2-6-13-22;2*23-18-12-8-11-17(15-18)22-20-14-7-2-1-6-13-19(20)21(24-25-22)16-9-4-3-5-10-16;18-16(17-13-14-9-5-4-6-10-14)19-15-11-7-2-1-3-8-12-15;15-12-8-4-7-11(9-12)14-18-16-13(17-19-14)10-5-2-1-3-6-10/h1-6,9-15,18,25-27H,7-8,16-17,19-20,31H2,(H,32,35);3-5,8-12,15H,1-2,6-7,13-14,23H2;3-5,8-12,14-15,19H,1-2,6-7,13,23H2;4-7,9-11,15H,1-3,8,12-13H2,(H,17,18);1-9H,15H2/b;;;11-7+;. The fourth-order valence-corrected chi connectivity index (χ4v) is 16.7. The predicted molar refractivity (Wildman–Crippen MR) is 501 cm³/mol. The lowest BCUT2D eigenvalue weighted by Gasteiger charge is -2.36. The lowest BCUT2D eigenvalue weighted by atomic mass is 9.72. The summed E-state index contributed by atoms with van der Waals surface area (Å²) < 4.78 is 11.4. The van der Waals surface area contributed by atoms with Gasteiger partial charge in [0, 0.05) is 87.0 Å². The van der Waals surface area contributed by atoms with E-state index in [1.54, 1.807) is 6.07 Å². The van der Waals surface area contributed by atoms with E-state index >= 15 is 0 Å². The van der Waals surface area contributed by atoms with Gasteiger partial charge < -0.3 is 43.0 Å². The summed E-state index contributed by atoms with van der Waals surface area (Å²) in [6.45, 7) is 0.954. The molecule has 5 unspecified atom stereocenters. The molecule has 4 heterocycles. The van der Waals surface area contributed by atoms with E-state index in [0.717, 1.165) is 166 Å². The average Bonchev–Trinajstić information content (AvgIpc) is 0.787. The highest BCUT2D eigenvalue weighted by Gasteiger charge is 2.39. The van der Waals surface area contributed by atoms with Crippen LogP contribution in [0.3, 0.4) is 0 Å². The summed E-state index contributed by atoms with van der Waals surface area (Å²) in [7, 11) is 0. The first-order valence-electron chi connectivity index (χ1n) is 43.8. The van der Waals surface area contributed by atoms with Gasteiger partial charge in [0.25, 0.3) is 0 Å². The molecule has 20 nitrogen and oxygen atoms in total. The van der Waals surface area contributed by atoms with Crippen LogP contribution >= 0.6 is 0 Å². The lowest BCUT2D eigenvalue weighted by Crippen LogP contribution is -2.39. The molecule has 10 aromatic carbocycles. The topological polar surface area (TPSA) is 308 Å². The summed E-state index contributed by atoms with van der Waals surface area (Å²) in [6, 6.07) is 91.6. The highest BCUT2D eigenvalue weighted by atomic mass is 16.6. The minimum Gasteiger partial charge on any atom is -0.446 e. The van der Waals surface area contributed by atoms with Gasteiger partial charge in [0.05, 0.1) is 34.2 Å². The molecule has 1 saturated carbocycles. The minimum atomic E-state index is -0.379. The van der Waals surface area contributed by atoms with Gasteiger partial charge in [0.1, 0.15) is 12.2 Å². The zero-order valence-corrected chi connectivity index (χ0v) is 70.4. The molecule has 4 aliphatic carbocycles. The van der Waals surface area contributed by atoms with Crippen LogP contribution in [0.4, 0.5) is 32.3 Å². The number of alkyl carbamates (subject to hydrolysis) is 2. The first-order chi connectivity index (χ1) is 61.0. The van der Waals surface area contributed by atoms with Crippen LogP contribution in [0.25, 0.3) is 45.3 Å². The van der Waals surface area contributed by atoms with Gasteiger partial charge in [0.2, 0.25) is 11.6 Å². The van der Waals surface area contributed by atoms with Crippen molar-refractivity contribution in [1.29, 1.82) is 0 Å². The average molecular weight is 1650 g/mol. The molecule has 2 aromatic heterocycles. The minimum absolute atomic E-state index is 0.0731. The molecule has 5 atom stereocenters. The number of carbonyl (C=O) groups is 2. The van der Waals surface area contributed by atoms with E-state index in [2.05, 4.69) is 136 Å². The number of hydrogen-bond acceptors (Lipinski definition) is 18. The molecule has 2 amide bonds. The Hall–Kier alpha value is -13.9. The number of allylic oxidation sites excluding steroid dienone is 3. The third-order valence-corrected chi connectivity index (χ3v) is 23.0. The molecule has 1 fully saturated rings. The molecule has 2 aliphatic heterocycles. The van der Waals surface area contributed by atoms with Crippen LogP contribution in [0.2, 0.25) is 0 Å². The first kappa shape index (κ1) is 86.5. The molecule has 0 saturated heterocycles. The number of aromatic nitrogens is 6. The van der Waals surface area contributed by atoms with Crippen molar-refractivity contribution in [3.8, 4) is 45.3 Å². The van der Waals surface area contributed by atoms with E-state index < -0.39 is 0 Å². The second-order valence-corrected chi connectivity index (χ2v) is 32.0. The zero-order valence-electron chi connectivity index (χ0n) is 70.4. The van der Waals surface area contributed by atoms with Gasteiger partial charge in [-0.2, -0.15) is 15.3 Å². The van der Waals surface area contributed by atoms with E-state index in [4.69, 9.17) is 42.6 Å². The van der Waals surface area contributed by atoms with Crippen molar-refractivity contribution in [3.63, 3.8) is 0 Å². The molecular formula is C104H110N16O4. The molecule has 10 N–H and O–H groups in total. The fraction of sp³-hybridized carbons (Fsp3) is 0.269. The normalized spacial score (nSPS) is 18.1. The highest BCUT2D eigenvalue weighted by molar-refractivity contribution is 6.20. The number of ether oxygens (including phenoxy) is 2. The summed E-state index contributed by atoms with van der Waals surface area (Å²) in [6.07, 6.45) is 28.9. The van der Waals surface area contributed by atoms with Gasteiger partial charge >= 0.3 is 12.2 Å². The Balaban J connectivity index is 0.000000129. The molecule has 18 rings (SSSR count). The third kappa shape index (κ3) is 24.7. The van der Waals surface area contributed by atoms with Crippen LogP contribution in [0.15, 0.2) is 323 Å². The monoisotopic (exact) mass is 1650 g/mol. The van der Waals surface area contributed by atoms with Crippen molar-refractivity contribution in [1.82, 2.24) is 41.2 Å². The number of nitrogen functional groups attached to an aromatic ring is 4. The Bertz CT molecular complexity index is 5640. The maximum absolute atomic E-state index is 12.7. The van der Waals surface area contributed by atoms with Crippen LogP contribution in [0, 0.1) is 17.8 Å². The number of nitrogens with zero attached hydrogens (tertiary/aromatic N) is 10. The zero-order chi connectivity index (χ0) is 85.3. The number of benzene rings is 10. The van der Waals surface area contributed by atoms with Crippen molar-refractivity contribution >= 4 is 57.8 Å². The van der Waals surface area contributed by atoms with Crippen LogP contribution < -0.4 is 33.6 Å². The molecule has 12 aromatic rings. The molecule has 0 radical (unpaired) electrons. The number of fused-ring (bicyclic) bond motifs is 3. The van der Waals surface area contributed by atoms with Crippen LogP contribution in [-0.4, -0.2) is 77.8 Å². The second kappa shape index (κ2) is 45.1. The van der Waals surface area contributed by atoms with Crippen molar-refractivity contribution < 1.29 is 19.1 Å². The second-order valence-electron chi connectivity index (χ2n) is 32.0. The molecule has 630 valence electrons. The van der Waals surface area contributed by atoms with Crippen molar-refractivity contribution in [2.45, 2.75) is 160 Å². The van der Waals surface area contributed by atoms with Crippen molar-refractivity contribution in [2.24, 2.45) is 38.2 Å². The van der Waals surface area contributed by atoms with E-state index in [9.17, 15) is 9.59 Å². The third-order valence-electron chi connectivity index (χ3n) is 23.0. The van der Waals surface area contributed by atoms with E-state index in [1.807, 2.05) is 206 Å². The molecule has 0 bridgehead atoms. The van der Waals surface area contributed by atoms with Crippen molar-refractivity contribution in [3.05, 3.63) is 347 Å². The van der Waals surface area contributed by atoms with Gasteiger partial charge in [-0.25, -0.2) is 9.59 Å². The summed E-state index contributed by atoms with van der Waals surface area (Å²) in [4.78, 5) is 24.4. The molecule has 6 aliphatic rings. The summed E-state index contributed by atoms with van der Waals surface area (Å²) in [5.41, 5.74) is 47.2. The van der Waals surface area contributed by atoms with E-state index in [-0.39, 0.29) is 36.2 Å². The maximum atomic E-state index is 12.7. The quantitative estimate of drug-likeness (QED) is 0.0436. The predicted octanol–water partition coefficient (Wildman–Crippen LogP) is 22.0. The molecule has 0 spiro atoms. The maximum Gasteiger partial charge on any atom is 0.407 e. The number of nitrogens with two attached hydrogens (primary N) is 4. The Morgan fingerprint density at radius 1 is 0.347 bits per heavy atom. The fourth-order valence-electron chi connectivity index (χ4n) is 16.7. The number of anilines is 4. The van der Waals surface area contributed by atoms with Crippen LogP contribution in [0.5, 0.6) is 0 Å². The largest absolute Gasteiger partial charge is 0.446 e. The van der Waals surface area contributed by atoms with Crippen LogP contribution in [0.1, 0.15) is 167 Å². The molecule has 20 heteroatoms. The Morgan fingerprint density at radius 3 is 1.35 bits per heavy atom. The number of rotatable bonds is 14. The lowest BCUT2D eigenvalue weighted by molar-refractivity contribution is 0.0730. The SMILES string of the molecule is Nc1cccc(-c2nnc(-c3ccccc3)c3c2CCCCCC3)c1.Nc1cccc(-c2nnc(-c3ccccc3)nn2)c1.Nc1cccc(C2=NN=C(c3ccccc3)C3CCCCC(OC(=O)NCc4ccccc4)CC23)c1.Nc1cccc(C2=NN=C(c3ccccc3)C3CCCCCC=C23)c1.O=C(NCc1ccccc1)OC1/C=C/CCCCC1. The van der Waals surface area contributed by atoms with Gasteiger partial charge in [0.15, 0.2) is 0 Å². The Kier molecular flexibility index (Phi) is 31.5. The van der Waals surface area contributed by atoms with Gasteiger partial charge in [-0.05, 0) is 190 Å². The number of hydrogen-bond donors (Lipinski definition) is 6. The Morgan fingerprint density at radius 2 is 0.766 bits per heavy atom. The van der Waals surface area contributed by atoms with E-state index in [1.165, 1.54) is 80.1 Å². The highest BCUT2D eigenvalue weighted by Crippen LogP contribution is 2.40. The van der Waals surface area contributed by atoms with Gasteiger partial charge in [-0.1, -0.05) is 281 Å². The van der Waals surface area contributed by atoms with Gasteiger partial charge in [-0.3, -0.25) is 0 Å². The number of amides is 2. The van der Waals surface area contributed by atoms with Gasteiger partial charge in [-0.15, -0.1) is 35.7 Å². The molecular weight excluding hydrogens is 1540 g/mol. The molecule has 124 heavy (non-hydrogen) atoms. The van der Waals surface area contributed by atoms with Crippen molar-refractivity contribution in [2.75, 3.05) is 22.9 Å².